The van der Waals surface area contributed by atoms with Crippen molar-refractivity contribution in [1.29, 1.82) is 5.26 Å². The Morgan fingerprint density at radius 3 is 2.42 bits per heavy atom. The molecule has 0 radical (unpaired) electrons. The van der Waals surface area contributed by atoms with Gasteiger partial charge in [0.2, 0.25) is 0 Å². The molecule has 1 heterocycles. The van der Waals surface area contributed by atoms with E-state index >= 15 is 0 Å². The van der Waals surface area contributed by atoms with E-state index in [-0.39, 0.29) is 6.10 Å². The fourth-order valence-electron chi connectivity index (χ4n) is 5.28. The maximum Gasteiger partial charge on any atom is 0.125 e. The fourth-order valence-corrected chi connectivity index (χ4v) is 5.40. The standard InChI is InChI=1S/C28H30ClN3O/c29-23-14-16-24(17-15-23)32-27(25-8-4-5-9-26(25)31-32)28(22-12-10-20(18-30)11-13-22)33-19-21-6-2-1-3-7-21/h10-17,21,28H,1-9,19H2. The Morgan fingerprint density at radius 2 is 1.70 bits per heavy atom. The Kier molecular flexibility index (Phi) is 6.80. The van der Waals surface area contributed by atoms with Crippen LogP contribution in [0.25, 0.3) is 5.69 Å². The zero-order valence-electron chi connectivity index (χ0n) is 19.0. The second-order valence-corrected chi connectivity index (χ2v) is 9.79. The third kappa shape index (κ3) is 4.86. The lowest BCUT2D eigenvalue weighted by Crippen LogP contribution is -2.20. The maximum absolute atomic E-state index is 9.29. The monoisotopic (exact) mass is 459 g/mol. The van der Waals surface area contributed by atoms with Crippen LogP contribution in [0.15, 0.2) is 48.5 Å². The Bertz CT molecular complexity index is 1120. The molecule has 1 saturated carbocycles. The second kappa shape index (κ2) is 10.1. The summed E-state index contributed by atoms with van der Waals surface area (Å²) in [7, 11) is 0. The highest BCUT2D eigenvalue weighted by atomic mass is 35.5. The number of hydrogen-bond acceptors (Lipinski definition) is 3. The summed E-state index contributed by atoms with van der Waals surface area (Å²) in [6.45, 7) is 0.755. The summed E-state index contributed by atoms with van der Waals surface area (Å²) in [5, 5.41) is 15.1. The van der Waals surface area contributed by atoms with E-state index in [1.807, 2.05) is 48.5 Å². The number of nitrogens with zero attached hydrogens (tertiary/aromatic N) is 3. The number of aryl methyl sites for hydroxylation is 1. The number of hydrogen-bond donors (Lipinski definition) is 0. The average Bonchev–Trinajstić information content (AvgIpc) is 3.25. The van der Waals surface area contributed by atoms with Crippen molar-refractivity contribution >= 4 is 11.6 Å². The van der Waals surface area contributed by atoms with Gasteiger partial charge in [0.25, 0.3) is 0 Å². The van der Waals surface area contributed by atoms with Crippen LogP contribution >= 0.6 is 11.6 Å². The molecular weight excluding hydrogens is 430 g/mol. The van der Waals surface area contributed by atoms with Gasteiger partial charge in [0.05, 0.1) is 35.3 Å². The van der Waals surface area contributed by atoms with Gasteiger partial charge in [-0.2, -0.15) is 10.4 Å². The predicted octanol–water partition coefficient (Wildman–Crippen LogP) is 6.96. The number of ether oxygens (including phenoxy) is 1. The fraction of sp³-hybridized carbons (Fsp3) is 0.429. The zero-order valence-corrected chi connectivity index (χ0v) is 19.7. The largest absolute Gasteiger partial charge is 0.367 e. The highest BCUT2D eigenvalue weighted by Crippen LogP contribution is 2.37. The van der Waals surface area contributed by atoms with E-state index in [9.17, 15) is 5.26 Å². The minimum Gasteiger partial charge on any atom is -0.367 e. The lowest BCUT2D eigenvalue weighted by Gasteiger charge is -2.27. The van der Waals surface area contributed by atoms with Crippen LogP contribution in [0.5, 0.6) is 0 Å². The van der Waals surface area contributed by atoms with E-state index in [4.69, 9.17) is 21.4 Å². The van der Waals surface area contributed by atoms with Crippen LogP contribution in [0.2, 0.25) is 5.02 Å². The van der Waals surface area contributed by atoms with Crippen LogP contribution in [0.4, 0.5) is 0 Å². The van der Waals surface area contributed by atoms with Crippen LogP contribution in [0.1, 0.15) is 79.1 Å². The quantitative estimate of drug-likeness (QED) is 0.400. The third-order valence-corrected chi connectivity index (χ3v) is 7.33. The molecule has 0 amide bonds. The minimum atomic E-state index is -0.218. The van der Waals surface area contributed by atoms with Crippen LogP contribution in [-0.2, 0) is 17.6 Å². The topological polar surface area (TPSA) is 50.8 Å². The summed E-state index contributed by atoms with van der Waals surface area (Å²) in [6.07, 6.45) is 10.6. The molecule has 33 heavy (non-hydrogen) atoms. The first-order valence-electron chi connectivity index (χ1n) is 12.2. The normalized spacial score (nSPS) is 17.3. The van der Waals surface area contributed by atoms with Crippen LogP contribution in [0.3, 0.4) is 0 Å². The van der Waals surface area contributed by atoms with E-state index in [0.29, 0.717) is 11.5 Å². The predicted molar refractivity (Wildman–Crippen MR) is 131 cm³/mol. The first-order chi connectivity index (χ1) is 16.2. The minimum absolute atomic E-state index is 0.218. The lowest BCUT2D eigenvalue weighted by molar-refractivity contribution is 0.0380. The Morgan fingerprint density at radius 1 is 0.970 bits per heavy atom. The maximum atomic E-state index is 9.29. The molecule has 1 unspecified atom stereocenters. The molecule has 0 aliphatic heterocycles. The van der Waals surface area contributed by atoms with Gasteiger partial charge in [-0.05, 0) is 86.4 Å². The second-order valence-electron chi connectivity index (χ2n) is 9.36. The van der Waals surface area contributed by atoms with Crippen molar-refractivity contribution in [3.63, 3.8) is 0 Å². The molecule has 0 bridgehead atoms. The molecule has 170 valence electrons. The van der Waals surface area contributed by atoms with Crippen LogP contribution in [0, 0.1) is 17.2 Å². The molecule has 2 aliphatic rings. The van der Waals surface area contributed by atoms with Gasteiger partial charge in [0.1, 0.15) is 6.10 Å². The van der Waals surface area contributed by atoms with Gasteiger partial charge in [0, 0.05) is 10.6 Å². The number of nitriles is 1. The van der Waals surface area contributed by atoms with Gasteiger partial charge >= 0.3 is 0 Å². The van der Waals surface area contributed by atoms with Gasteiger partial charge in [-0.15, -0.1) is 0 Å². The third-order valence-electron chi connectivity index (χ3n) is 7.08. The molecule has 1 aromatic heterocycles. The molecule has 0 spiro atoms. The Hall–Kier alpha value is -2.61. The molecular formula is C28H30ClN3O. The summed E-state index contributed by atoms with van der Waals surface area (Å²) in [5.41, 5.74) is 6.39. The van der Waals surface area contributed by atoms with E-state index in [1.54, 1.807) is 0 Å². The molecule has 1 fully saturated rings. The van der Waals surface area contributed by atoms with E-state index in [1.165, 1.54) is 56.2 Å². The average molecular weight is 460 g/mol. The first kappa shape index (κ1) is 22.2. The van der Waals surface area contributed by atoms with E-state index < -0.39 is 0 Å². The molecule has 0 saturated heterocycles. The van der Waals surface area contributed by atoms with Crippen LogP contribution < -0.4 is 0 Å². The number of halogens is 1. The molecule has 3 aromatic rings. The highest BCUT2D eigenvalue weighted by Gasteiger charge is 2.30. The zero-order chi connectivity index (χ0) is 22.6. The van der Waals surface area contributed by atoms with Gasteiger partial charge in [-0.3, -0.25) is 0 Å². The van der Waals surface area contributed by atoms with Gasteiger partial charge in [-0.25, -0.2) is 4.68 Å². The Balaban J connectivity index is 1.58. The highest BCUT2D eigenvalue weighted by molar-refractivity contribution is 6.30. The number of fused-ring (bicyclic) bond motifs is 1. The number of rotatable bonds is 6. The van der Waals surface area contributed by atoms with Crippen molar-refractivity contribution < 1.29 is 4.74 Å². The van der Waals surface area contributed by atoms with Gasteiger partial charge < -0.3 is 4.74 Å². The van der Waals surface area contributed by atoms with Crippen molar-refractivity contribution in [2.24, 2.45) is 5.92 Å². The molecule has 2 aliphatic carbocycles. The molecule has 2 aromatic carbocycles. The van der Waals surface area contributed by atoms with E-state index in [0.717, 1.165) is 41.4 Å². The van der Waals surface area contributed by atoms with Gasteiger partial charge in [0.15, 0.2) is 0 Å². The number of benzene rings is 2. The lowest BCUT2D eigenvalue weighted by atomic mass is 9.89. The van der Waals surface area contributed by atoms with E-state index in [2.05, 4.69) is 10.8 Å². The van der Waals surface area contributed by atoms with Crippen molar-refractivity contribution in [1.82, 2.24) is 9.78 Å². The van der Waals surface area contributed by atoms with Gasteiger partial charge in [-0.1, -0.05) is 43.0 Å². The molecule has 1 atom stereocenters. The number of aromatic nitrogens is 2. The molecule has 5 heteroatoms. The summed E-state index contributed by atoms with van der Waals surface area (Å²) in [5.74, 6) is 0.613. The first-order valence-corrected chi connectivity index (χ1v) is 12.6. The summed E-state index contributed by atoms with van der Waals surface area (Å²) in [4.78, 5) is 0. The Labute approximate surface area is 201 Å². The summed E-state index contributed by atoms with van der Waals surface area (Å²) < 4.78 is 8.85. The molecule has 0 N–H and O–H groups in total. The SMILES string of the molecule is N#Cc1ccc(C(OCC2CCCCC2)c2c3c(nn2-c2ccc(Cl)cc2)CCCC3)cc1. The van der Waals surface area contributed by atoms with Crippen molar-refractivity contribution in [3.8, 4) is 11.8 Å². The molecule has 4 nitrogen and oxygen atoms in total. The van der Waals surface area contributed by atoms with Crippen molar-refractivity contribution in [2.45, 2.75) is 63.9 Å². The van der Waals surface area contributed by atoms with Crippen molar-refractivity contribution in [2.75, 3.05) is 6.61 Å². The van der Waals surface area contributed by atoms with Crippen LogP contribution in [-0.4, -0.2) is 16.4 Å². The smallest absolute Gasteiger partial charge is 0.125 e. The van der Waals surface area contributed by atoms with Crippen molar-refractivity contribution in [3.05, 3.63) is 81.6 Å². The summed E-state index contributed by atoms with van der Waals surface area (Å²) >= 11 is 6.18. The summed E-state index contributed by atoms with van der Waals surface area (Å²) in [6, 6.07) is 18.0. The molecule has 5 rings (SSSR count).